The number of hydrogen-bond donors (Lipinski definition) is 2. The van der Waals surface area contributed by atoms with Gasteiger partial charge in [0.2, 0.25) is 18.2 Å². The molecule has 0 unspecified atom stereocenters. The number of nitrogens with zero attached hydrogens (tertiary/aromatic N) is 1. The van der Waals surface area contributed by atoms with Gasteiger partial charge in [0.25, 0.3) is 12.4 Å². The fourth-order valence-corrected chi connectivity index (χ4v) is 5.03. The third-order valence-corrected chi connectivity index (χ3v) is 7.74. The molecule has 0 aromatic heterocycles. The molecule has 0 fully saturated rings. The van der Waals surface area contributed by atoms with E-state index in [2.05, 4.69) is 36.3 Å². The molecule has 0 spiro atoms. The van der Waals surface area contributed by atoms with Gasteiger partial charge in [-0.25, -0.2) is 0 Å². The Kier molecular flexibility index (Phi) is 11.7. The summed E-state index contributed by atoms with van der Waals surface area (Å²) in [6.45, 7) is 13.3. The summed E-state index contributed by atoms with van der Waals surface area (Å²) < 4.78 is 22.9. The van der Waals surface area contributed by atoms with E-state index in [1.165, 1.54) is 0 Å². The number of amides is 3. The van der Waals surface area contributed by atoms with Gasteiger partial charge in [0, 0.05) is 54.9 Å². The first-order valence-corrected chi connectivity index (χ1v) is 15.0. The smallest absolute Gasteiger partial charge is 0.272 e. The van der Waals surface area contributed by atoms with E-state index in [4.69, 9.17) is 8.92 Å². The third kappa shape index (κ3) is 10.3. The van der Waals surface area contributed by atoms with E-state index in [1.54, 1.807) is 29.2 Å². The number of carbonyl (C=O) groups is 3. The Morgan fingerprint density at radius 3 is 2.42 bits per heavy atom. The summed E-state index contributed by atoms with van der Waals surface area (Å²) in [5.74, 6) is 6.44. The van der Waals surface area contributed by atoms with E-state index in [0.29, 0.717) is 38.3 Å². The van der Waals surface area contributed by atoms with Gasteiger partial charge in [0.1, 0.15) is 5.75 Å². The van der Waals surface area contributed by atoms with Gasteiger partial charge in [-0.15, -0.1) is 3.89 Å². The van der Waals surface area contributed by atoms with Crippen LogP contribution in [0.4, 0.5) is 9.57 Å². The zero-order valence-electron chi connectivity index (χ0n) is 25.8. The molecule has 0 atom stereocenters. The summed E-state index contributed by atoms with van der Waals surface area (Å²) in [5.41, 5.74) is 2.31. The summed E-state index contributed by atoms with van der Waals surface area (Å²) in [4.78, 5) is 38.4. The Morgan fingerprint density at radius 1 is 1.07 bits per heavy atom. The van der Waals surface area contributed by atoms with Gasteiger partial charge >= 0.3 is 0 Å². The SMILES string of the molecule is CC(C)(CCOC(C)(C)CNC=O)NC(=O)CCC(=O)N1CCC(C)(C)c2cc(C#Cc3ccc(OSF)cc3)ccc21. The number of hydrogen-bond acceptors (Lipinski definition) is 6. The minimum absolute atomic E-state index is 0.0878. The first-order valence-electron chi connectivity index (χ1n) is 14.4. The van der Waals surface area contributed by atoms with Crippen molar-refractivity contribution in [2.24, 2.45) is 0 Å². The highest BCUT2D eigenvalue weighted by atomic mass is 32.2. The van der Waals surface area contributed by atoms with E-state index in [0.717, 1.165) is 28.8 Å². The van der Waals surface area contributed by atoms with Crippen molar-refractivity contribution in [3.8, 4) is 17.6 Å². The quantitative estimate of drug-likeness (QED) is 0.174. The van der Waals surface area contributed by atoms with Crippen molar-refractivity contribution >= 4 is 36.3 Å². The maximum absolute atomic E-state index is 13.3. The number of halogens is 1. The van der Waals surface area contributed by atoms with Crippen LogP contribution >= 0.6 is 12.4 Å². The van der Waals surface area contributed by atoms with Gasteiger partial charge in [-0.2, -0.15) is 0 Å². The first kappa shape index (κ1) is 33.9. The van der Waals surface area contributed by atoms with E-state index in [9.17, 15) is 18.3 Å². The van der Waals surface area contributed by atoms with Crippen LogP contribution in [0.5, 0.6) is 5.75 Å². The van der Waals surface area contributed by atoms with E-state index in [-0.39, 0.29) is 42.5 Å². The Hall–Kier alpha value is -3.55. The van der Waals surface area contributed by atoms with Crippen LogP contribution in [0.1, 0.15) is 83.9 Å². The van der Waals surface area contributed by atoms with Crippen LogP contribution in [0.25, 0.3) is 0 Å². The Labute approximate surface area is 259 Å². The zero-order valence-corrected chi connectivity index (χ0v) is 26.7. The van der Waals surface area contributed by atoms with Gasteiger partial charge in [-0.3, -0.25) is 14.4 Å². The molecule has 8 nitrogen and oxygen atoms in total. The fraction of sp³-hybridized carbons (Fsp3) is 0.485. The third-order valence-electron chi connectivity index (χ3n) is 7.49. The van der Waals surface area contributed by atoms with Gasteiger partial charge < -0.3 is 24.5 Å². The average molecular weight is 612 g/mol. The monoisotopic (exact) mass is 611 g/mol. The highest BCUT2D eigenvalue weighted by Crippen LogP contribution is 2.40. The van der Waals surface area contributed by atoms with Gasteiger partial charge in [0.05, 0.1) is 5.60 Å². The van der Waals surface area contributed by atoms with Crippen molar-refractivity contribution in [3.63, 3.8) is 0 Å². The molecule has 0 saturated heterocycles. The largest absolute Gasteiger partial charge is 0.397 e. The molecule has 2 aromatic carbocycles. The lowest BCUT2D eigenvalue weighted by molar-refractivity contribution is -0.126. The van der Waals surface area contributed by atoms with Crippen LogP contribution in [0.2, 0.25) is 0 Å². The Bertz CT molecular complexity index is 1350. The number of anilines is 1. The van der Waals surface area contributed by atoms with E-state index in [1.807, 2.05) is 45.9 Å². The lowest BCUT2D eigenvalue weighted by Crippen LogP contribution is -2.46. The molecule has 3 amide bonds. The molecular weight excluding hydrogens is 569 g/mol. The number of fused-ring (bicyclic) bond motifs is 1. The first-order chi connectivity index (χ1) is 20.2. The second-order valence-corrected chi connectivity index (χ2v) is 12.9. The molecule has 0 saturated carbocycles. The highest BCUT2D eigenvalue weighted by molar-refractivity contribution is 7.89. The van der Waals surface area contributed by atoms with Crippen LogP contribution in [-0.4, -0.2) is 49.1 Å². The fourth-order valence-electron chi connectivity index (χ4n) is 4.85. The molecule has 1 aliphatic heterocycles. The number of benzene rings is 2. The van der Waals surface area contributed by atoms with E-state index < -0.39 is 11.1 Å². The van der Waals surface area contributed by atoms with Gasteiger partial charge in [0.15, 0.2) is 0 Å². The normalized spacial score (nSPS) is 14.2. The van der Waals surface area contributed by atoms with Crippen LogP contribution in [0.15, 0.2) is 42.5 Å². The second kappa shape index (κ2) is 14.8. The Morgan fingerprint density at radius 2 is 1.74 bits per heavy atom. The molecule has 2 aromatic rings. The molecule has 10 heteroatoms. The molecule has 0 radical (unpaired) electrons. The van der Waals surface area contributed by atoms with Gasteiger partial charge in [-0.1, -0.05) is 25.7 Å². The maximum Gasteiger partial charge on any atom is 0.272 e. The van der Waals surface area contributed by atoms with Crippen molar-refractivity contribution < 1.29 is 27.2 Å². The van der Waals surface area contributed by atoms with Crippen LogP contribution in [-0.2, 0) is 24.5 Å². The van der Waals surface area contributed by atoms with Crippen LogP contribution < -0.4 is 19.7 Å². The summed E-state index contributed by atoms with van der Waals surface area (Å²) in [6, 6.07) is 12.7. The molecule has 232 valence electrons. The topological polar surface area (TPSA) is 97.0 Å². The molecule has 0 bridgehead atoms. The minimum atomic E-state index is -0.517. The molecule has 2 N–H and O–H groups in total. The van der Waals surface area contributed by atoms with Crippen molar-refractivity contribution in [1.29, 1.82) is 0 Å². The molecule has 0 aliphatic carbocycles. The molecule has 1 heterocycles. The maximum atomic E-state index is 13.3. The number of nitrogens with one attached hydrogen (secondary N) is 2. The number of ether oxygens (including phenoxy) is 1. The minimum Gasteiger partial charge on any atom is -0.397 e. The molecule has 1 aliphatic rings. The van der Waals surface area contributed by atoms with Crippen molar-refractivity contribution in [3.05, 3.63) is 59.2 Å². The summed E-state index contributed by atoms with van der Waals surface area (Å²) in [5, 5.41) is 5.64. The Balaban J connectivity index is 1.60. The van der Waals surface area contributed by atoms with Gasteiger partial charge in [-0.05, 0) is 94.0 Å². The predicted octanol–water partition coefficient (Wildman–Crippen LogP) is 5.62. The molecule has 43 heavy (non-hydrogen) atoms. The highest BCUT2D eigenvalue weighted by Gasteiger charge is 2.34. The van der Waals surface area contributed by atoms with E-state index >= 15 is 0 Å². The molecular formula is C33H42FN3O5S. The standard InChI is InChI=1S/C33H42FN3O5S/c1-31(2)17-19-37(28-14-11-25(21-27(28)31)8-7-24-9-12-26(13-10-24)42-43-34)30(40)16-15-29(39)36-32(3,4)18-20-41-33(5,6)22-35-23-38/h9-14,21,23H,15-20,22H2,1-6H3,(H,35,38)(H,36,39). The van der Waals surface area contributed by atoms with Crippen molar-refractivity contribution in [2.75, 3.05) is 24.6 Å². The summed E-state index contributed by atoms with van der Waals surface area (Å²) >= 11 is -0.201. The van der Waals surface area contributed by atoms with Crippen LogP contribution in [0, 0.1) is 11.8 Å². The van der Waals surface area contributed by atoms with Crippen molar-refractivity contribution in [1.82, 2.24) is 10.6 Å². The zero-order chi connectivity index (χ0) is 31.7. The predicted molar refractivity (Wildman–Crippen MR) is 168 cm³/mol. The lowest BCUT2D eigenvalue weighted by atomic mass is 9.77. The summed E-state index contributed by atoms with van der Waals surface area (Å²) in [7, 11) is 0. The van der Waals surface area contributed by atoms with Crippen LogP contribution in [0.3, 0.4) is 0 Å². The van der Waals surface area contributed by atoms with Crippen molar-refractivity contribution in [2.45, 2.75) is 83.8 Å². The second-order valence-electron chi connectivity index (χ2n) is 12.6. The summed E-state index contributed by atoms with van der Waals surface area (Å²) in [6.07, 6.45) is 2.20. The average Bonchev–Trinajstić information content (AvgIpc) is 2.94. The lowest BCUT2D eigenvalue weighted by Gasteiger charge is -2.39. The number of carbonyl (C=O) groups excluding carboxylic acids is 3. The number of rotatable bonds is 13. The molecule has 3 rings (SSSR count).